The Kier molecular flexibility index (Phi) is 7.58. The maximum atomic E-state index is 17.0. The van der Waals surface area contributed by atoms with Gasteiger partial charge in [-0.25, -0.2) is 13.2 Å². The van der Waals surface area contributed by atoms with Crippen molar-refractivity contribution in [2.75, 3.05) is 57.5 Å². The molecule has 7 bridgehead atoms. The summed E-state index contributed by atoms with van der Waals surface area (Å²) in [5.41, 5.74) is -1.08. The first kappa shape index (κ1) is 31.7. The Morgan fingerprint density at radius 3 is 2.78 bits per heavy atom. The van der Waals surface area contributed by atoms with Crippen LogP contribution in [-0.4, -0.2) is 107 Å². The Morgan fingerprint density at radius 1 is 1.02 bits per heavy atom. The van der Waals surface area contributed by atoms with Crippen molar-refractivity contribution < 1.29 is 32.5 Å². The van der Waals surface area contributed by atoms with Crippen LogP contribution in [0.5, 0.6) is 11.8 Å². The van der Waals surface area contributed by atoms with E-state index >= 15 is 4.39 Å². The van der Waals surface area contributed by atoms with Gasteiger partial charge in [-0.3, -0.25) is 9.88 Å². The summed E-state index contributed by atoms with van der Waals surface area (Å²) < 4.78 is 65.3. The molecular weight excluding hydrogens is 649 g/mol. The molecule has 9 rings (SSSR count). The van der Waals surface area contributed by atoms with Crippen LogP contribution in [-0.2, 0) is 9.47 Å². The van der Waals surface area contributed by atoms with Crippen molar-refractivity contribution >= 4 is 27.5 Å². The number of halogens is 3. The predicted molar refractivity (Wildman–Crippen MR) is 180 cm³/mol. The third-order valence-electron chi connectivity index (χ3n) is 11.2. The van der Waals surface area contributed by atoms with Crippen LogP contribution in [0.15, 0.2) is 30.5 Å². The fourth-order valence-electron chi connectivity index (χ4n) is 9.02. The van der Waals surface area contributed by atoms with Crippen LogP contribution in [0.1, 0.15) is 37.7 Å². The molecule has 10 nitrogen and oxygen atoms in total. The third kappa shape index (κ3) is 5.15. The second-order valence-corrected chi connectivity index (χ2v) is 14.5. The molecule has 5 aliphatic rings. The van der Waals surface area contributed by atoms with E-state index in [1.54, 1.807) is 0 Å². The maximum absolute atomic E-state index is 17.0. The molecule has 2 spiro atoms. The van der Waals surface area contributed by atoms with Crippen molar-refractivity contribution in [3.8, 4) is 35.4 Å². The van der Waals surface area contributed by atoms with Crippen molar-refractivity contribution in [1.82, 2.24) is 25.2 Å². The van der Waals surface area contributed by atoms with E-state index in [1.807, 2.05) is 0 Å². The lowest BCUT2D eigenvalue weighted by Crippen LogP contribution is -2.62. The molecule has 260 valence electrons. The van der Waals surface area contributed by atoms with E-state index in [0.717, 1.165) is 19.3 Å². The molecule has 7 heterocycles. The zero-order chi connectivity index (χ0) is 34.2. The first-order valence-corrected chi connectivity index (χ1v) is 17.3. The van der Waals surface area contributed by atoms with Crippen molar-refractivity contribution in [3.05, 3.63) is 47.7 Å². The average Bonchev–Trinajstić information content (AvgIpc) is 3.70. The van der Waals surface area contributed by atoms with E-state index in [0.29, 0.717) is 80.8 Å². The Balaban J connectivity index is 1.19. The first-order chi connectivity index (χ1) is 24.2. The highest BCUT2D eigenvalue weighted by molar-refractivity contribution is 6.03. The number of phenols is 1. The molecule has 4 aromatic rings. The SMILES string of the molecule is C#Cc1c(F)ccc2c(-c3ncc4c5nc(nc4c3F)OC[C@]34C[C@@H](F)CN3C[C@@H](C4)OCCCOC[C@@]34CC[C@@H](CN5C3)N4)c(O)ccc12. The molecular formula is C37H37F3N6O4. The minimum absolute atomic E-state index is 0.00209. The van der Waals surface area contributed by atoms with E-state index in [4.69, 9.17) is 25.6 Å². The molecule has 0 unspecified atom stereocenters. The highest BCUT2D eigenvalue weighted by atomic mass is 19.1. The zero-order valence-electron chi connectivity index (χ0n) is 27.4. The molecule has 2 N–H and O–H groups in total. The molecule has 0 saturated carbocycles. The van der Waals surface area contributed by atoms with E-state index in [9.17, 15) is 13.9 Å². The summed E-state index contributed by atoms with van der Waals surface area (Å²) in [6.45, 7) is 3.80. The van der Waals surface area contributed by atoms with E-state index in [-0.39, 0.29) is 58.4 Å². The molecule has 50 heavy (non-hydrogen) atoms. The van der Waals surface area contributed by atoms with Gasteiger partial charge in [0.2, 0.25) is 0 Å². The van der Waals surface area contributed by atoms with Crippen molar-refractivity contribution in [1.29, 1.82) is 0 Å². The number of terminal acetylenes is 1. The minimum Gasteiger partial charge on any atom is -0.507 e. The van der Waals surface area contributed by atoms with Gasteiger partial charge in [0.1, 0.15) is 41.4 Å². The molecule has 0 amide bonds. The number of benzene rings is 2. The molecule has 5 atom stereocenters. The van der Waals surface area contributed by atoms with Gasteiger partial charge < -0.3 is 29.5 Å². The summed E-state index contributed by atoms with van der Waals surface area (Å²) in [4.78, 5) is 18.2. The van der Waals surface area contributed by atoms with Gasteiger partial charge in [-0.05, 0) is 49.3 Å². The Morgan fingerprint density at radius 2 is 1.90 bits per heavy atom. The highest BCUT2D eigenvalue weighted by Gasteiger charge is 2.53. The molecule has 2 aromatic carbocycles. The lowest BCUT2D eigenvalue weighted by atomic mass is 9.94. The summed E-state index contributed by atoms with van der Waals surface area (Å²) in [7, 11) is 0. The van der Waals surface area contributed by atoms with Gasteiger partial charge in [0, 0.05) is 63.4 Å². The summed E-state index contributed by atoms with van der Waals surface area (Å²) in [5.74, 6) is 1.19. The van der Waals surface area contributed by atoms with Gasteiger partial charge in [-0.2, -0.15) is 9.97 Å². The van der Waals surface area contributed by atoms with Gasteiger partial charge in [0.15, 0.2) is 5.82 Å². The number of fused-ring (bicyclic) bond motifs is 9. The van der Waals surface area contributed by atoms with Gasteiger partial charge in [0.05, 0.1) is 40.3 Å². The number of nitrogens with one attached hydrogen (secondary N) is 1. The summed E-state index contributed by atoms with van der Waals surface area (Å²) in [5, 5.41) is 15.9. The van der Waals surface area contributed by atoms with Crippen LogP contribution in [0, 0.1) is 24.0 Å². The number of rotatable bonds is 1. The minimum atomic E-state index is -0.995. The summed E-state index contributed by atoms with van der Waals surface area (Å²) in [6, 6.07) is 5.63. The predicted octanol–water partition coefficient (Wildman–Crippen LogP) is 4.49. The number of piperazine rings is 1. The Labute approximate surface area is 286 Å². The monoisotopic (exact) mass is 686 g/mol. The smallest absolute Gasteiger partial charge is 0.319 e. The molecule has 13 heteroatoms. The number of nitrogens with zero attached hydrogens (tertiary/aromatic N) is 5. The molecule has 5 aliphatic heterocycles. The van der Waals surface area contributed by atoms with Crippen molar-refractivity contribution in [2.45, 2.75) is 61.5 Å². The molecule has 0 aliphatic carbocycles. The number of pyridine rings is 1. The second kappa shape index (κ2) is 11.9. The van der Waals surface area contributed by atoms with Crippen LogP contribution >= 0.6 is 0 Å². The van der Waals surface area contributed by atoms with E-state index in [2.05, 4.69) is 31.0 Å². The largest absolute Gasteiger partial charge is 0.507 e. The van der Waals surface area contributed by atoms with Crippen LogP contribution in [0.4, 0.5) is 19.0 Å². The fourth-order valence-corrected chi connectivity index (χ4v) is 9.02. The molecule has 4 fully saturated rings. The van der Waals surface area contributed by atoms with Crippen molar-refractivity contribution in [2.24, 2.45) is 0 Å². The first-order valence-electron chi connectivity index (χ1n) is 17.3. The topological polar surface area (TPSA) is 105 Å². The maximum Gasteiger partial charge on any atom is 0.319 e. The highest BCUT2D eigenvalue weighted by Crippen LogP contribution is 2.44. The number of aromatic nitrogens is 3. The molecule has 2 aromatic heterocycles. The van der Waals surface area contributed by atoms with Gasteiger partial charge in [0.25, 0.3) is 0 Å². The summed E-state index contributed by atoms with van der Waals surface area (Å²) in [6.07, 6.45) is 9.58. The second-order valence-electron chi connectivity index (χ2n) is 14.5. The standard InChI is InChI=1S/C37H37F3N6O4/c1-2-24-25-5-7-29(47)30(26(25)4-6-28(24)39)33-31(40)32-27(14-41-33)34-43-35(42-32)50-20-37-12-21(38)15-46(37)17-23(13-37)49-11-3-10-48-19-36-9-8-22(44-36)16-45(34)18-36/h1,4-7,14,21-23,44,47H,3,8-13,15-20H2/t21-,22+,23-,36-,37-/m1/s1. The Bertz CT molecular complexity index is 2060. The normalized spacial score (nSPS) is 29.9. The van der Waals surface area contributed by atoms with Crippen LogP contribution in [0.2, 0.25) is 0 Å². The van der Waals surface area contributed by atoms with Crippen molar-refractivity contribution in [3.63, 3.8) is 0 Å². The molecule has 0 radical (unpaired) electrons. The lowest BCUT2D eigenvalue weighted by Gasteiger charge is -2.42. The lowest BCUT2D eigenvalue weighted by molar-refractivity contribution is 0.0230. The number of anilines is 1. The number of aromatic hydroxyl groups is 1. The van der Waals surface area contributed by atoms with Crippen LogP contribution in [0.25, 0.3) is 32.9 Å². The third-order valence-corrected chi connectivity index (χ3v) is 11.2. The summed E-state index contributed by atoms with van der Waals surface area (Å²) >= 11 is 0. The number of alkyl halides is 1. The molecule has 4 saturated heterocycles. The van der Waals surface area contributed by atoms with Crippen LogP contribution < -0.4 is 15.0 Å². The zero-order valence-corrected chi connectivity index (χ0v) is 27.4. The fraction of sp³-hybridized carbons (Fsp3) is 0.486. The number of hydrogen-bond acceptors (Lipinski definition) is 10. The van der Waals surface area contributed by atoms with Gasteiger partial charge >= 0.3 is 6.01 Å². The van der Waals surface area contributed by atoms with E-state index in [1.165, 1.54) is 30.5 Å². The van der Waals surface area contributed by atoms with Crippen LogP contribution in [0.3, 0.4) is 0 Å². The number of phenolic OH excluding ortho intramolecular Hbond substituents is 1. The Hall–Kier alpha value is -4.22. The average molecular weight is 687 g/mol. The van der Waals surface area contributed by atoms with Gasteiger partial charge in [-0.1, -0.05) is 12.0 Å². The van der Waals surface area contributed by atoms with Gasteiger partial charge in [-0.15, -0.1) is 6.42 Å². The van der Waals surface area contributed by atoms with E-state index < -0.39 is 23.3 Å². The number of hydrogen-bond donors (Lipinski definition) is 2. The quantitative estimate of drug-likeness (QED) is 0.279. The number of ether oxygens (including phenoxy) is 3.